The molecule has 0 spiro atoms. The predicted octanol–water partition coefficient (Wildman–Crippen LogP) is 4.32. The molecule has 0 amide bonds. The van der Waals surface area contributed by atoms with Crippen molar-refractivity contribution < 1.29 is 19.4 Å². The molecule has 0 saturated heterocycles. The van der Waals surface area contributed by atoms with Crippen LogP contribution in [0.3, 0.4) is 0 Å². The lowest BCUT2D eigenvalue weighted by Crippen LogP contribution is -2.09. The van der Waals surface area contributed by atoms with Crippen LogP contribution in [0.4, 0.5) is 11.4 Å². The number of rotatable bonds is 10. The molecule has 0 unspecified atom stereocenters. The lowest BCUT2D eigenvalue weighted by Gasteiger charge is -2.17. The number of aromatic amines is 1. The van der Waals surface area contributed by atoms with E-state index in [1.807, 2.05) is 19.9 Å². The normalized spacial score (nSPS) is 10.8. The summed E-state index contributed by atoms with van der Waals surface area (Å²) in [6, 6.07) is 5.19. The number of unbranched alkanes of at least 4 members (excludes halogenated alkanes) is 2. The topological polar surface area (TPSA) is 114 Å². The number of ether oxygens (including phenoxy) is 2. The zero-order valence-electron chi connectivity index (χ0n) is 17.9. The Morgan fingerprint density at radius 3 is 2.58 bits per heavy atom. The number of nitrogens with one attached hydrogen (secondary N) is 2. The number of carboxylic acid groups (broad SMARTS) is 1. The Hall–Kier alpha value is -3.55. The molecular weight excluding hydrogens is 398 g/mol. The third kappa shape index (κ3) is 5.33. The van der Waals surface area contributed by atoms with Crippen LogP contribution in [0.25, 0.3) is 10.9 Å². The number of benzene rings is 1. The number of methoxy groups -OCH3 is 1. The van der Waals surface area contributed by atoms with Crippen molar-refractivity contribution in [2.24, 2.45) is 0 Å². The first kappa shape index (κ1) is 22.1. The highest BCUT2D eigenvalue weighted by Gasteiger charge is 2.15. The molecule has 0 atom stereocenters. The molecule has 164 valence electrons. The zero-order valence-corrected chi connectivity index (χ0v) is 17.9. The van der Waals surface area contributed by atoms with Gasteiger partial charge in [-0.3, -0.25) is 14.6 Å². The monoisotopic (exact) mass is 425 g/mol. The van der Waals surface area contributed by atoms with Crippen LogP contribution in [0, 0.1) is 13.8 Å². The fraction of sp³-hybridized carbons (Fsp3) is 0.348. The van der Waals surface area contributed by atoms with Gasteiger partial charge in [-0.25, -0.2) is 0 Å². The van der Waals surface area contributed by atoms with Gasteiger partial charge in [0.25, 0.3) is 5.56 Å². The van der Waals surface area contributed by atoms with Crippen LogP contribution in [-0.2, 0) is 4.79 Å². The van der Waals surface area contributed by atoms with Crippen molar-refractivity contribution in [1.29, 1.82) is 0 Å². The molecule has 8 heteroatoms. The highest BCUT2D eigenvalue weighted by Crippen LogP contribution is 2.37. The number of nitrogens with zero attached hydrogens (tertiary/aromatic N) is 1. The molecule has 8 nitrogen and oxygen atoms in total. The fourth-order valence-electron chi connectivity index (χ4n) is 3.45. The number of pyridine rings is 2. The van der Waals surface area contributed by atoms with E-state index in [0.717, 1.165) is 28.6 Å². The second-order valence-corrected chi connectivity index (χ2v) is 7.39. The van der Waals surface area contributed by atoms with Gasteiger partial charge in [-0.1, -0.05) is 0 Å². The standard InChI is InChI=1S/C23H27N3O5/c1-14-12-24-13-15(2)21(14)25-17-11-19(27)26-22-16(17)8-9-18(30-3)23(22)31-10-6-4-5-7-20(28)29/h8-9,11-13H,4-7,10H2,1-3H3,(H,28,29)(H2,24,25,26,27). The van der Waals surface area contributed by atoms with Gasteiger partial charge < -0.3 is 24.9 Å². The van der Waals surface area contributed by atoms with Crippen LogP contribution in [0.15, 0.2) is 35.4 Å². The van der Waals surface area contributed by atoms with Gasteiger partial charge in [0.2, 0.25) is 0 Å². The van der Waals surface area contributed by atoms with Crippen molar-refractivity contribution in [3.05, 3.63) is 52.1 Å². The van der Waals surface area contributed by atoms with Gasteiger partial charge in [-0.2, -0.15) is 0 Å². The van der Waals surface area contributed by atoms with Gasteiger partial charge in [0, 0.05) is 36.0 Å². The Kier molecular flexibility index (Phi) is 7.12. The summed E-state index contributed by atoms with van der Waals surface area (Å²) in [5.41, 5.74) is 3.78. The minimum atomic E-state index is -0.797. The molecule has 1 aromatic carbocycles. The summed E-state index contributed by atoms with van der Waals surface area (Å²) >= 11 is 0. The molecule has 0 radical (unpaired) electrons. The Bertz CT molecular complexity index is 1120. The number of H-pyrrole nitrogens is 1. The third-order valence-electron chi connectivity index (χ3n) is 5.02. The van der Waals surface area contributed by atoms with Gasteiger partial charge in [-0.05, 0) is 56.4 Å². The maximum Gasteiger partial charge on any atom is 0.303 e. The molecule has 31 heavy (non-hydrogen) atoms. The lowest BCUT2D eigenvalue weighted by molar-refractivity contribution is -0.137. The van der Waals surface area contributed by atoms with Crippen molar-refractivity contribution in [2.45, 2.75) is 39.5 Å². The SMILES string of the molecule is COc1ccc2c(Nc3c(C)cncc3C)cc(=O)[nH]c2c1OCCCCCC(=O)O. The summed E-state index contributed by atoms with van der Waals surface area (Å²) in [5, 5.41) is 12.9. The van der Waals surface area contributed by atoms with E-state index >= 15 is 0 Å². The molecule has 0 saturated carbocycles. The Labute approximate surface area is 180 Å². The molecule has 3 aromatic rings. The quantitative estimate of drug-likeness (QED) is 0.415. The van der Waals surface area contributed by atoms with Gasteiger partial charge in [0.15, 0.2) is 11.5 Å². The highest BCUT2D eigenvalue weighted by atomic mass is 16.5. The van der Waals surface area contributed by atoms with E-state index < -0.39 is 5.97 Å². The van der Waals surface area contributed by atoms with E-state index in [4.69, 9.17) is 14.6 Å². The number of hydrogen-bond donors (Lipinski definition) is 3. The van der Waals surface area contributed by atoms with Gasteiger partial charge in [0.1, 0.15) is 0 Å². The molecular formula is C23H27N3O5. The van der Waals surface area contributed by atoms with Crippen molar-refractivity contribution in [3.63, 3.8) is 0 Å². The zero-order chi connectivity index (χ0) is 22.4. The summed E-state index contributed by atoms with van der Waals surface area (Å²) in [5.74, 6) is 0.179. The van der Waals surface area contributed by atoms with Crippen molar-refractivity contribution in [3.8, 4) is 11.5 Å². The van der Waals surface area contributed by atoms with E-state index in [1.54, 1.807) is 25.6 Å². The Morgan fingerprint density at radius 1 is 1.16 bits per heavy atom. The van der Waals surface area contributed by atoms with Gasteiger partial charge in [0.05, 0.1) is 24.9 Å². The van der Waals surface area contributed by atoms with Crippen LogP contribution in [0.1, 0.15) is 36.8 Å². The van der Waals surface area contributed by atoms with Crippen molar-refractivity contribution in [1.82, 2.24) is 9.97 Å². The third-order valence-corrected chi connectivity index (χ3v) is 5.02. The van der Waals surface area contributed by atoms with Crippen LogP contribution in [-0.4, -0.2) is 34.8 Å². The Morgan fingerprint density at radius 2 is 1.90 bits per heavy atom. The second-order valence-electron chi connectivity index (χ2n) is 7.39. The first-order valence-corrected chi connectivity index (χ1v) is 10.2. The molecule has 2 heterocycles. The first-order chi connectivity index (χ1) is 14.9. The fourth-order valence-corrected chi connectivity index (χ4v) is 3.45. The number of aliphatic carboxylic acids is 1. The molecule has 0 aliphatic rings. The smallest absolute Gasteiger partial charge is 0.303 e. The summed E-state index contributed by atoms with van der Waals surface area (Å²) < 4.78 is 11.4. The summed E-state index contributed by atoms with van der Waals surface area (Å²) in [7, 11) is 1.55. The minimum Gasteiger partial charge on any atom is -0.493 e. The molecule has 0 aliphatic carbocycles. The number of carboxylic acids is 1. The van der Waals surface area contributed by atoms with Crippen molar-refractivity contribution >= 4 is 28.2 Å². The van der Waals surface area contributed by atoms with Gasteiger partial charge >= 0.3 is 5.97 Å². The summed E-state index contributed by atoms with van der Waals surface area (Å²) in [4.78, 5) is 30.1. The number of carbonyl (C=O) groups is 1. The minimum absolute atomic E-state index is 0.147. The molecule has 3 rings (SSSR count). The highest BCUT2D eigenvalue weighted by molar-refractivity contribution is 5.97. The van der Waals surface area contributed by atoms with Gasteiger partial charge in [-0.15, -0.1) is 0 Å². The molecule has 0 aliphatic heterocycles. The number of fused-ring (bicyclic) bond motifs is 1. The summed E-state index contributed by atoms with van der Waals surface area (Å²) in [6.07, 6.45) is 5.72. The molecule has 0 bridgehead atoms. The van der Waals surface area contributed by atoms with Crippen LogP contribution in [0.5, 0.6) is 11.5 Å². The number of anilines is 2. The first-order valence-electron chi connectivity index (χ1n) is 10.2. The van der Waals surface area contributed by atoms with E-state index in [-0.39, 0.29) is 12.0 Å². The van der Waals surface area contributed by atoms with E-state index in [9.17, 15) is 9.59 Å². The maximum atomic E-state index is 12.4. The van der Waals surface area contributed by atoms with E-state index in [0.29, 0.717) is 42.2 Å². The van der Waals surface area contributed by atoms with Crippen LogP contribution >= 0.6 is 0 Å². The van der Waals surface area contributed by atoms with Crippen LogP contribution in [0.2, 0.25) is 0 Å². The maximum absolute atomic E-state index is 12.4. The Balaban J connectivity index is 1.92. The average molecular weight is 425 g/mol. The molecule has 2 aromatic heterocycles. The number of aromatic nitrogens is 2. The number of hydrogen-bond acceptors (Lipinski definition) is 6. The molecule has 0 fully saturated rings. The van der Waals surface area contributed by atoms with E-state index in [1.165, 1.54) is 6.07 Å². The van der Waals surface area contributed by atoms with Crippen LogP contribution < -0.4 is 20.3 Å². The second kappa shape index (κ2) is 9.97. The summed E-state index contributed by atoms with van der Waals surface area (Å²) in [6.45, 7) is 4.30. The van der Waals surface area contributed by atoms with Crippen molar-refractivity contribution in [2.75, 3.05) is 19.0 Å². The van der Waals surface area contributed by atoms with E-state index in [2.05, 4.69) is 15.3 Å². The average Bonchev–Trinajstić information content (AvgIpc) is 2.72. The largest absolute Gasteiger partial charge is 0.493 e. The number of aryl methyl sites for hydroxylation is 2. The predicted molar refractivity (Wildman–Crippen MR) is 120 cm³/mol. The molecule has 3 N–H and O–H groups in total. The lowest BCUT2D eigenvalue weighted by atomic mass is 10.1.